The molecular weight excluding hydrogens is 315 g/mol. The van der Waals surface area contributed by atoms with Crippen molar-refractivity contribution in [2.75, 3.05) is 6.54 Å². The van der Waals surface area contributed by atoms with Crippen molar-refractivity contribution in [2.45, 2.75) is 19.4 Å². The summed E-state index contributed by atoms with van der Waals surface area (Å²) < 4.78 is 0. The van der Waals surface area contributed by atoms with Gasteiger partial charge in [-0.2, -0.15) is 0 Å². The van der Waals surface area contributed by atoms with Gasteiger partial charge >= 0.3 is 0 Å². The fraction of sp³-hybridized carbons (Fsp3) is 0.222. The van der Waals surface area contributed by atoms with Crippen LogP contribution in [0.4, 0.5) is 0 Å². The first-order chi connectivity index (χ1) is 10.2. The van der Waals surface area contributed by atoms with E-state index in [1.807, 2.05) is 6.07 Å². The molecule has 0 radical (unpaired) electrons. The van der Waals surface area contributed by atoms with Gasteiger partial charge in [-0.25, -0.2) is 0 Å². The topological polar surface area (TPSA) is 27.8 Å². The lowest BCUT2D eigenvalue weighted by molar-refractivity contribution is 0.558. The SMILES string of the molecule is Cc1ccccc1C1NCCc2c1[nH]c1ccc(Cl)cc21.Cl. The quantitative estimate of drug-likeness (QED) is 0.659. The number of aryl methyl sites for hydroxylation is 1. The van der Waals surface area contributed by atoms with E-state index in [9.17, 15) is 0 Å². The molecule has 0 bridgehead atoms. The molecule has 22 heavy (non-hydrogen) atoms. The molecule has 2 heterocycles. The summed E-state index contributed by atoms with van der Waals surface area (Å²) in [6.07, 6.45) is 1.04. The molecule has 1 aliphatic rings. The number of fused-ring (bicyclic) bond motifs is 3. The Bertz CT molecular complexity index is 823. The molecule has 3 aromatic rings. The number of halogens is 2. The van der Waals surface area contributed by atoms with Crippen LogP contribution in [0.25, 0.3) is 10.9 Å². The third kappa shape index (κ3) is 2.41. The molecule has 1 atom stereocenters. The van der Waals surface area contributed by atoms with E-state index in [-0.39, 0.29) is 18.4 Å². The van der Waals surface area contributed by atoms with Crippen LogP contribution in [0.1, 0.15) is 28.4 Å². The lowest BCUT2D eigenvalue weighted by Crippen LogP contribution is -2.30. The van der Waals surface area contributed by atoms with Crippen LogP contribution in [-0.4, -0.2) is 11.5 Å². The molecule has 114 valence electrons. The second-order valence-electron chi connectivity index (χ2n) is 5.70. The lowest BCUT2D eigenvalue weighted by Gasteiger charge is -2.26. The first-order valence-electron chi connectivity index (χ1n) is 7.33. The van der Waals surface area contributed by atoms with Gasteiger partial charge in [0.1, 0.15) is 0 Å². The van der Waals surface area contributed by atoms with Gasteiger partial charge in [0.25, 0.3) is 0 Å². The standard InChI is InChI=1S/C18H17ClN2.ClH/c1-11-4-2-3-5-13(11)17-18-14(8-9-20-17)15-10-12(19)6-7-16(15)21-18;/h2-7,10,17,20-21H,8-9H2,1H3;1H. The summed E-state index contributed by atoms with van der Waals surface area (Å²) in [6.45, 7) is 3.16. The predicted octanol–water partition coefficient (Wildman–Crippen LogP) is 4.79. The molecule has 4 heteroatoms. The Morgan fingerprint density at radius 1 is 1.14 bits per heavy atom. The number of aromatic amines is 1. The van der Waals surface area contributed by atoms with Crippen LogP contribution >= 0.6 is 24.0 Å². The molecule has 1 aliphatic heterocycles. The second kappa shape index (κ2) is 5.96. The molecule has 4 rings (SSSR count). The normalized spacial score (nSPS) is 17.1. The highest BCUT2D eigenvalue weighted by molar-refractivity contribution is 6.31. The minimum absolute atomic E-state index is 0. The predicted molar refractivity (Wildman–Crippen MR) is 95.3 cm³/mol. The fourth-order valence-corrected chi connectivity index (χ4v) is 3.55. The first-order valence-corrected chi connectivity index (χ1v) is 7.71. The highest BCUT2D eigenvalue weighted by atomic mass is 35.5. The van der Waals surface area contributed by atoms with Crippen LogP contribution in [0, 0.1) is 6.92 Å². The Morgan fingerprint density at radius 3 is 2.77 bits per heavy atom. The molecule has 1 unspecified atom stereocenters. The van der Waals surface area contributed by atoms with E-state index in [4.69, 9.17) is 11.6 Å². The van der Waals surface area contributed by atoms with Gasteiger partial charge in [0.05, 0.1) is 6.04 Å². The van der Waals surface area contributed by atoms with Crippen molar-refractivity contribution in [3.05, 3.63) is 69.9 Å². The van der Waals surface area contributed by atoms with Gasteiger partial charge in [-0.1, -0.05) is 35.9 Å². The summed E-state index contributed by atoms with van der Waals surface area (Å²) in [5.41, 5.74) is 6.52. The molecule has 2 aromatic carbocycles. The Kier molecular flexibility index (Phi) is 4.18. The molecule has 0 saturated carbocycles. The minimum Gasteiger partial charge on any atom is -0.357 e. The molecule has 2 nitrogen and oxygen atoms in total. The molecule has 0 amide bonds. The molecule has 0 fully saturated rings. The Hall–Kier alpha value is -1.48. The van der Waals surface area contributed by atoms with E-state index in [0.29, 0.717) is 0 Å². The van der Waals surface area contributed by atoms with Gasteiger partial charge in [-0.3, -0.25) is 0 Å². The van der Waals surface area contributed by atoms with E-state index in [1.54, 1.807) is 0 Å². The zero-order valence-electron chi connectivity index (χ0n) is 12.3. The van der Waals surface area contributed by atoms with Crippen LogP contribution in [0.2, 0.25) is 5.02 Å². The molecule has 0 spiro atoms. The van der Waals surface area contributed by atoms with Crippen molar-refractivity contribution in [1.82, 2.24) is 10.3 Å². The van der Waals surface area contributed by atoms with Crippen LogP contribution in [0.5, 0.6) is 0 Å². The Labute approximate surface area is 141 Å². The smallest absolute Gasteiger partial charge is 0.0734 e. The molecule has 0 saturated heterocycles. The van der Waals surface area contributed by atoms with Crippen molar-refractivity contribution in [1.29, 1.82) is 0 Å². The van der Waals surface area contributed by atoms with E-state index in [2.05, 4.69) is 53.6 Å². The van der Waals surface area contributed by atoms with Crippen molar-refractivity contribution >= 4 is 34.9 Å². The van der Waals surface area contributed by atoms with Crippen LogP contribution < -0.4 is 5.32 Å². The summed E-state index contributed by atoms with van der Waals surface area (Å²) in [5.74, 6) is 0. The Balaban J connectivity index is 0.00000144. The van der Waals surface area contributed by atoms with E-state index >= 15 is 0 Å². The number of benzene rings is 2. The summed E-state index contributed by atoms with van der Waals surface area (Å²) in [6, 6.07) is 14.9. The molecule has 2 N–H and O–H groups in total. The lowest BCUT2D eigenvalue weighted by atomic mass is 9.92. The van der Waals surface area contributed by atoms with Gasteiger partial charge < -0.3 is 10.3 Å². The number of aromatic nitrogens is 1. The number of H-pyrrole nitrogens is 1. The van der Waals surface area contributed by atoms with Gasteiger partial charge in [-0.05, 0) is 48.2 Å². The van der Waals surface area contributed by atoms with Gasteiger partial charge in [0, 0.05) is 28.2 Å². The zero-order valence-corrected chi connectivity index (χ0v) is 13.9. The van der Waals surface area contributed by atoms with Gasteiger partial charge in [0.15, 0.2) is 0 Å². The summed E-state index contributed by atoms with van der Waals surface area (Å²) in [7, 11) is 0. The number of nitrogens with one attached hydrogen (secondary N) is 2. The maximum Gasteiger partial charge on any atom is 0.0734 e. The van der Waals surface area contributed by atoms with E-state index in [0.717, 1.165) is 18.0 Å². The number of rotatable bonds is 1. The largest absolute Gasteiger partial charge is 0.357 e. The molecule has 0 aliphatic carbocycles. The van der Waals surface area contributed by atoms with Crippen LogP contribution in [-0.2, 0) is 6.42 Å². The second-order valence-corrected chi connectivity index (χ2v) is 6.14. The fourth-order valence-electron chi connectivity index (χ4n) is 3.38. The maximum atomic E-state index is 6.17. The van der Waals surface area contributed by atoms with Crippen LogP contribution in [0.3, 0.4) is 0 Å². The van der Waals surface area contributed by atoms with Crippen molar-refractivity contribution in [2.24, 2.45) is 0 Å². The summed E-state index contributed by atoms with van der Waals surface area (Å²) in [5, 5.41) is 5.71. The summed E-state index contributed by atoms with van der Waals surface area (Å²) >= 11 is 6.17. The van der Waals surface area contributed by atoms with E-state index < -0.39 is 0 Å². The van der Waals surface area contributed by atoms with E-state index in [1.165, 1.54) is 33.3 Å². The average Bonchev–Trinajstić information content (AvgIpc) is 2.86. The first kappa shape index (κ1) is 15.4. The monoisotopic (exact) mass is 332 g/mol. The average molecular weight is 333 g/mol. The molecular formula is C18H18Cl2N2. The van der Waals surface area contributed by atoms with Crippen molar-refractivity contribution in [3.8, 4) is 0 Å². The number of hydrogen-bond acceptors (Lipinski definition) is 1. The highest BCUT2D eigenvalue weighted by Gasteiger charge is 2.25. The minimum atomic E-state index is 0. The maximum absolute atomic E-state index is 6.17. The van der Waals surface area contributed by atoms with Crippen molar-refractivity contribution < 1.29 is 0 Å². The highest BCUT2D eigenvalue weighted by Crippen LogP contribution is 2.35. The zero-order chi connectivity index (χ0) is 14.4. The summed E-state index contributed by atoms with van der Waals surface area (Å²) in [4.78, 5) is 3.60. The molecule has 1 aromatic heterocycles. The third-order valence-corrected chi connectivity index (χ3v) is 4.65. The van der Waals surface area contributed by atoms with Crippen LogP contribution in [0.15, 0.2) is 42.5 Å². The van der Waals surface area contributed by atoms with Crippen molar-refractivity contribution in [3.63, 3.8) is 0 Å². The third-order valence-electron chi connectivity index (χ3n) is 4.41. The Morgan fingerprint density at radius 2 is 1.95 bits per heavy atom. The van der Waals surface area contributed by atoms with Gasteiger partial charge in [-0.15, -0.1) is 12.4 Å². The number of hydrogen-bond donors (Lipinski definition) is 2. The van der Waals surface area contributed by atoms with Gasteiger partial charge in [0.2, 0.25) is 0 Å².